The molecule has 0 spiro atoms. The van der Waals surface area contributed by atoms with Gasteiger partial charge >= 0.3 is 37.7 Å². The Morgan fingerprint density at radius 2 is 1.43 bits per heavy atom. The van der Waals surface area contributed by atoms with E-state index in [0.29, 0.717) is 0 Å². The minimum absolute atomic E-state index is 0. The van der Waals surface area contributed by atoms with Crippen LogP contribution in [0.25, 0.3) is 0 Å². The monoisotopic (exact) mass is 134 g/mol. The average molecular weight is 134 g/mol. The Morgan fingerprint density at radius 1 is 1.43 bits per heavy atom. The van der Waals surface area contributed by atoms with E-state index in [2.05, 4.69) is 0 Å². The fraction of sp³-hybridized carbons (Fsp3) is 0.500. The fourth-order valence-corrected chi connectivity index (χ4v) is 0. The molecule has 0 unspecified atom stereocenters. The molecule has 0 aliphatic heterocycles. The zero-order valence-corrected chi connectivity index (χ0v) is 6.17. The molecule has 0 radical (unpaired) electrons. The number of hydrogen-bond acceptors (Lipinski definition) is 3. The second kappa shape index (κ2) is 15.9. The number of carboxylic acid groups (broad SMARTS) is 1. The summed E-state index contributed by atoms with van der Waals surface area (Å²) >= 11 is 0. The molecular formula is C2H6CaO4. The predicted molar refractivity (Wildman–Crippen MR) is 22.9 cm³/mol. The third kappa shape index (κ3) is 341. The van der Waals surface area contributed by atoms with E-state index in [-0.39, 0.29) is 48.7 Å². The standard InChI is InChI=1S/C2H4O2.Ca.2H2O/c1-2(3)4;;;/h1H3,(H,3,4);;2*1H2/q;+2;;/p-2. The summed E-state index contributed by atoms with van der Waals surface area (Å²) in [6.07, 6.45) is 0. The van der Waals surface area contributed by atoms with Crippen molar-refractivity contribution in [1.82, 2.24) is 0 Å². The van der Waals surface area contributed by atoms with Gasteiger partial charge in [-0.05, 0) is 0 Å². The number of carbonyl (C=O) groups is 1. The van der Waals surface area contributed by atoms with E-state index >= 15 is 0 Å². The zero-order chi connectivity index (χ0) is 3.58. The summed E-state index contributed by atoms with van der Waals surface area (Å²) in [5.74, 6) is -0.833. The van der Waals surface area contributed by atoms with Crippen LogP contribution >= 0.6 is 0 Å². The quantitative estimate of drug-likeness (QED) is 0.445. The smallest absolute Gasteiger partial charge is 0.870 e. The van der Waals surface area contributed by atoms with Crippen molar-refractivity contribution in [2.24, 2.45) is 0 Å². The van der Waals surface area contributed by atoms with E-state index in [4.69, 9.17) is 9.90 Å². The minimum atomic E-state index is -0.833. The number of rotatable bonds is 0. The Hall–Kier alpha value is 0.650. The van der Waals surface area contributed by atoms with Crippen molar-refractivity contribution < 1.29 is 20.9 Å². The molecule has 0 atom stereocenters. The van der Waals surface area contributed by atoms with Gasteiger partial charge in [-0.1, -0.05) is 0 Å². The van der Waals surface area contributed by atoms with Crippen LogP contribution in [-0.4, -0.2) is 59.8 Å². The minimum Gasteiger partial charge on any atom is -0.870 e. The van der Waals surface area contributed by atoms with E-state index in [1.807, 2.05) is 0 Å². The summed E-state index contributed by atoms with van der Waals surface area (Å²) in [5.41, 5.74) is 0. The number of aliphatic carboxylic acids is 1. The zero-order valence-electron chi connectivity index (χ0n) is 3.96. The predicted octanol–water partition coefficient (Wildman–Crippen LogP) is -0.643. The molecule has 0 fully saturated rings. The van der Waals surface area contributed by atoms with E-state index in [0.717, 1.165) is 6.92 Å². The summed E-state index contributed by atoms with van der Waals surface area (Å²) < 4.78 is 0. The van der Waals surface area contributed by atoms with Gasteiger partial charge in [0, 0.05) is 6.92 Å². The first kappa shape index (κ1) is 25.4. The maximum atomic E-state index is 9.00. The van der Waals surface area contributed by atoms with Crippen LogP contribution in [0.4, 0.5) is 0 Å². The van der Waals surface area contributed by atoms with Gasteiger partial charge in [0.05, 0.1) is 0 Å². The van der Waals surface area contributed by atoms with Crippen molar-refractivity contribution >= 4 is 43.7 Å². The van der Waals surface area contributed by atoms with Crippen LogP contribution in [0.15, 0.2) is 0 Å². The second-order valence-corrected chi connectivity index (χ2v) is 0.519. The van der Waals surface area contributed by atoms with Gasteiger partial charge in [0.25, 0.3) is 5.97 Å². The van der Waals surface area contributed by atoms with E-state index in [9.17, 15) is 0 Å². The van der Waals surface area contributed by atoms with E-state index < -0.39 is 5.97 Å². The van der Waals surface area contributed by atoms with Crippen molar-refractivity contribution in [2.75, 3.05) is 0 Å². The average Bonchev–Trinajstić information content (AvgIpc) is 0.811. The largest absolute Gasteiger partial charge is 2.00 e. The van der Waals surface area contributed by atoms with Crippen LogP contribution in [0.3, 0.4) is 0 Å². The first-order valence-corrected chi connectivity index (χ1v) is 0.928. The van der Waals surface area contributed by atoms with Crippen molar-refractivity contribution in [3.63, 3.8) is 0 Å². The second-order valence-electron chi connectivity index (χ2n) is 0.519. The molecule has 0 amide bonds. The Labute approximate surface area is 71.1 Å². The van der Waals surface area contributed by atoms with Crippen LogP contribution in [0.2, 0.25) is 0 Å². The molecule has 5 heteroatoms. The van der Waals surface area contributed by atoms with Crippen molar-refractivity contribution in [3.05, 3.63) is 0 Å². The van der Waals surface area contributed by atoms with Crippen molar-refractivity contribution in [1.29, 1.82) is 0 Å². The molecule has 0 aromatic rings. The molecule has 0 aromatic heterocycles. The van der Waals surface area contributed by atoms with Gasteiger partial charge in [-0.2, -0.15) is 0 Å². The molecule has 4 nitrogen and oxygen atoms in total. The third-order valence-electron chi connectivity index (χ3n) is 0. The van der Waals surface area contributed by atoms with E-state index in [1.165, 1.54) is 0 Å². The van der Waals surface area contributed by atoms with Crippen LogP contribution in [0, 0.1) is 0 Å². The Balaban J connectivity index is -0.0000000150. The molecule has 0 saturated heterocycles. The Bertz CT molecular complexity index is 32.7. The van der Waals surface area contributed by atoms with Gasteiger partial charge in [0.1, 0.15) is 0 Å². The molecular weight excluding hydrogens is 128 g/mol. The van der Waals surface area contributed by atoms with Crippen LogP contribution in [0.5, 0.6) is 0 Å². The van der Waals surface area contributed by atoms with Gasteiger partial charge in [-0.15, -0.1) is 0 Å². The molecule has 0 heterocycles. The Morgan fingerprint density at radius 3 is 1.43 bits per heavy atom. The molecule has 0 aliphatic carbocycles. The molecule has 0 rings (SSSR count). The van der Waals surface area contributed by atoms with Crippen molar-refractivity contribution in [2.45, 2.75) is 6.92 Å². The molecule has 3 N–H and O–H groups in total. The molecule has 0 aromatic carbocycles. The first-order chi connectivity index (χ1) is 1.73. The molecule has 0 bridgehead atoms. The summed E-state index contributed by atoms with van der Waals surface area (Å²) in [7, 11) is 0. The van der Waals surface area contributed by atoms with Crippen molar-refractivity contribution in [3.8, 4) is 0 Å². The number of carboxylic acids is 1. The normalized spacial score (nSPS) is 3.57. The van der Waals surface area contributed by atoms with Crippen LogP contribution < -0.4 is 0 Å². The maximum Gasteiger partial charge on any atom is 2.00 e. The maximum absolute atomic E-state index is 9.00. The molecule has 40 valence electrons. The summed E-state index contributed by atoms with van der Waals surface area (Å²) in [6, 6.07) is 0. The number of hydrogen-bond donors (Lipinski definition) is 1. The van der Waals surface area contributed by atoms with E-state index in [1.54, 1.807) is 0 Å². The van der Waals surface area contributed by atoms with Crippen LogP contribution in [-0.2, 0) is 4.79 Å². The Kier molecular flexibility index (Phi) is 57.8. The molecule has 0 aliphatic rings. The topological polar surface area (TPSA) is 97.3 Å². The SMILES string of the molecule is CC(=O)O.[Ca+2].[OH-].[OH-]. The molecule has 0 saturated carbocycles. The first-order valence-electron chi connectivity index (χ1n) is 0.928. The van der Waals surface area contributed by atoms with Gasteiger partial charge in [-0.25, -0.2) is 0 Å². The third-order valence-corrected chi connectivity index (χ3v) is 0. The summed E-state index contributed by atoms with van der Waals surface area (Å²) in [4.78, 5) is 9.00. The van der Waals surface area contributed by atoms with Gasteiger partial charge in [0.15, 0.2) is 0 Å². The summed E-state index contributed by atoms with van der Waals surface area (Å²) in [6.45, 7) is 1.08. The fourth-order valence-electron chi connectivity index (χ4n) is 0. The van der Waals surface area contributed by atoms with Crippen LogP contribution in [0.1, 0.15) is 6.92 Å². The van der Waals surface area contributed by atoms with Gasteiger partial charge in [-0.3, -0.25) is 4.79 Å². The van der Waals surface area contributed by atoms with Gasteiger partial charge in [0.2, 0.25) is 0 Å². The summed E-state index contributed by atoms with van der Waals surface area (Å²) in [5, 5.41) is 7.42. The molecule has 7 heavy (non-hydrogen) atoms. The van der Waals surface area contributed by atoms with Gasteiger partial charge < -0.3 is 16.1 Å².